The van der Waals surface area contributed by atoms with Crippen LogP contribution in [0.25, 0.3) is 27.7 Å². The maximum atomic E-state index is 12.8. The summed E-state index contributed by atoms with van der Waals surface area (Å²) >= 11 is 0. The van der Waals surface area contributed by atoms with Crippen molar-refractivity contribution in [1.29, 1.82) is 0 Å². The fourth-order valence-corrected chi connectivity index (χ4v) is 4.87. The van der Waals surface area contributed by atoms with Crippen LogP contribution in [-0.4, -0.2) is 84.4 Å². The third-order valence-electron chi connectivity index (χ3n) is 6.97. The van der Waals surface area contributed by atoms with Gasteiger partial charge in [0.15, 0.2) is 5.82 Å². The molecule has 12 nitrogen and oxygen atoms in total. The number of rotatable bonds is 7. The number of pyridine rings is 1. The molecular formula is C26H30N10O2. The number of fused-ring (bicyclic) bond motifs is 3. The van der Waals surface area contributed by atoms with E-state index >= 15 is 0 Å². The number of nitrogens with zero attached hydrogens (tertiary/aromatic N) is 8. The molecule has 6 heterocycles. The van der Waals surface area contributed by atoms with Gasteiger partial charge in [-0.1, -0.05) is 0 Å². The number of aromatic nitrogens is 7. The summed E-state index contributed by atoms with van der Waals surface area (Å²) in [4.78, 5) is 19.6. The number of hydrogen-bond acceptors (Lipinski definition) is 8. The molecule has 0 radical (unpaired) electrons. The van der Waals surface area contributed by atoms with Crippen molar-refractivity contribution >= 4 is 33.8 Å². The number of ether oxygens (including phenoxy) is 1. The molecule has 0 unspecified atom stereocenters. The van der Waals surface area contributed by atoms with Crippen molar-refractivity contribution in [2.75, 3.05) is 44.7 Å². The number of aryl methyl sites for hydroxylation is 3. The van der Waals surface area contributed by atoms with Gasteiger partial charge in [0.1, 0.15) is 0 Å². The Balaban J connectivity index is 1.24. The Morgan fingerprint density at radius 1 is 1.11 bits per heavy atom. The van der Waals surface area contributed by atoms with Crippen LogP contribution in [0.5, 0.6) is 0 Å². The van der Waals surface area contributed by atoms with Crippen molar-refractivity contribution in [3.05, 3.63) is 54.2 Å². The summed E-state index contributed by atoms with van der Waals surface area (Å²) in [6.07, 6.45) is 7.17. The highest BCUT2D eigenvalue weighted by Crippen LogP contribution is 2.31. The highest BCUT2D eigenvalue weighted by atomic mass is 16.5. The zero-order chi connectivity index (χ0) is 26.2. The lowest BCUT2D eigenvalue weighted by Crippen LogP contribution is -2.41. The van der Waals surface area contributed by atoms with E-state index in [1.165, 1.54) is 0 Å². The van der Waals surface area contributed by atoms with Gasteiger partial charge in [0.25, 0.3) is 5.91 Å². The van der Waals surface area contributed by atoms with Crippen LogP contribution in [0, 0.1) is 6.92 Å². The van der Waals surface area contributed by atoms with E-state index < -0.39 is 0 Å². The monoisotopic (exact) mass is 514 g/mol. The highest BCUT2D eigenvalue weighted by Gasteiger charge is 2.18. The largest absolute Gasteiger partial charge is 0.379 e. The van der Waals surface area contributed by atoms with E-state index in [1.54, 1.807) is 18.6 Å². The van der Waals surface area contributed by atoms with Crippen LogP contribution in [0.2, 0.25) is 0 Å². The van der Waals surface area contributed by atoms with Gasteiger partial charge in [-0.05, 0) is 25.1 Å². The lowest BCUT2D eigenvalue weighted by molar-refractivity contribution is 0.0383. The van der Waals surface area contributed by atoms with Crippen LogP contribution in [0.4, 0.5) is 11.5 Å². The zero-order valence-electron chi connectivity index (χ0n) is 21.7. The quantitative estimate of drug-likeness (QED) is 0.339. The average Bonchev–Trinajstić information content (AvgIpc) is 3.62. The third-order valence-corrected chi connectivity index (χ3v) is 6.97. The maximum Gasteiger partial charge on any atom is 0.252 e. The molecule has 2 N–H and O–H groups in total. The molecule has 6 rings (SSSR count). The number of carbonyl (C=O) groups excluding carboxylic acids is 1. The molecular weight excluding hydrogens is 484 g/mol. The summed E-state index contributed by atoms with van der Waals surface area (Å²) in [5, 5.41) is 20.9. The molecule has 1 saturated heterocycles. The van der Waals surface area contributed by atoms with E-state index in [2.05, 4.69) is 36.8 Å². The highest BCUT2D eigenvalue weighted by molar-refractivity contribution is 6.01. The second kappa shape index (κ2) is 9.88. The molecule has 0 aromatic carbocycles. The third kappa shape index (κ3) is 4.48. The van der Waals surface area contributed by atoms with Crippen molar-refractivity contribution in [2.45, 2.75) is 6.92 Å². The van der Waals surface area contributed by atoms with Gasteiger partial charge in [-0.2, -0.15) is 15.3 Å². The van der Waals surface area contributed by atoms with Crippen LogP contribution in [0.15, 0.2) is 43.0 Å². The molecule has 12 heteroatoms. The molecule has 1 fully saturated rings. The van der Waals surface area contributed by atoms with Crippen LogP contribution in [0.1, 0.15) is 16.1 Å². The Morgan fingerprint density at radius 3 is 2.74 bits per heavy atom. The molecule has 0 bridgehead atoms. The predicted molar refractivity (Wildman–Crippen MR) is 144 cm³/mol. The van der Waals surface area contributed by atoms with Crippen LogP contribution in [-0.2, 0) is 18.8 Å². The number of anilines is 2. The van der Waals surface area contributed by atoms with Crippen molar-refractivity contribution in [3.8, 4) is 11.3 Å². The Bertz CT molecular complexity index is 1630. The molecule has 196 valence electrons. The van der Waals surface area contributed by atoms with E-state index in [0.29, 0.717) is 17.9 Å². The topological polar surface area (TPSA) is 119 Å². The van der Waals surface area contributed by atoms with Crippen LogP contribution >= 0.6 is 0 Å². The normalized spacial score (nSPS) is 14.4. The fraction of sp³-hybridized carbons (Fsp3) is 0.346. The average molecular weight is 515 g/mol. The van der Waals surface area contributed by atoms with Gasteiger partial charge in [-0.3, -0.25) is 24.0 Å². The van der Waals surface area contributed by atoms with E-state index in [9.17, 15) is 4.79 Å². The van der Waals surface area contributed by atoms with Gasteiger partial charge < -0.3 is 15.4 Å². The summed E-state index contributed by atoms with van der Waals surface area (Å²) in [5.41, 5.74) is 5.89. The minimum Gasteiger partial charge on any atom is -0.379 e. The van der Waals surface area contributed by atoms with E-state index in [4.69, 9.17) is 9.84 Å². The summed E-state index contributed by atoms with van der Waals surface area (Å²) < 4.78 is 10.9. The molecule has 0 atom stereocenters. The zero-order valence-corrected chi connectivity index (χ0v) is 21.7. The fourth-order valence-electron chi connectivity index (χ4n) is 4.87. The van der Waals surface area contributed by atoms with Crippen molar-refractivity contribution in [1.82, 2.24) is 44.4 Å². The summed E-state index contributed by atoms with van der Waals surface area (Å²) in [5.74, 6) is 0.495. The van der Waals surface area contributed by atoms with Gasteiger partial charge in [0.05, 0.1) is 58.5 Å². The number of morpholine rings is 1. The number of amides is 1. The van der Waals surface area contributed by atoms with Crippen LogP contribution in [0.3, 0.4) is 0 Å². The summed E-state index contributed by atoms with van der Waals surface area (Å²) in [6, 6.07) is 5.88. The smallest absolute Gasteiger partial charge is 0.252 e. The first-order valence-electron chi connectivity index (χ1n) is 12.6. The Kier molecular flexibility index (Phi) is 6.26. The Morgan fingerprint density at radius 2 is 1.95 bits per heavy atom. The van der Waals surface area contributed by atoms with Gasteiger partial charge in [-0.25, -0.2) is 4.52 Å². The first-order chi connectivity index (χ1) is 18.5. The predicted octanol–water partition coefficient (Wildman–Crippen LogP) is 2.13. The van der Waals surface area contributed by atoms with Gasteiger partial charge in [0.2, 0.25) is 0 Å². The molecule has 38 heavy (non-hydrogen) atoms. The SMILES string of the molecule is Cc1ncc(C(=O)NCCN2CCOCC2)cc1Nc1nn(C)c2c1cnn1cc(-c3ccnn3C)cc21. The second-order valence-electron chi connectivity index (χ2n) is 9.47. The molecule has 1 amide bonds. The standard InChI is InChI=1S/C26H30N10O2/c1-17-21(12-18(14-28-17)26(37)27-6-7-35-8-10-38-11-9-35)31-25-20-15-30-36-16-19(22-4-5-29-33(22)2)13-23(36)24(20)34(3)32-25/h4-5,12-16H,6-11H2,1-3H3,(H,27,37)(H,31,32). The first-order valence-corrected chi connectivity index (χ1v) is 12.6. The minimum atomic E-state index is -0.154. The molecule has 0 aliphatic carbocycles. The number of carbonyl (C=O) groups is 1. The lowest BCUT2D eigenvalue weighted by Gasteiger charge is -2.26. The second-order valence-corrected chi connectivity index (χ2v) is 9.47. The molecule has 1 aliphatic rings. The van der Waals surface area contributed by atoms with Gasteiger partial charge in [0, 0.05) is 64.4 Å². The maximum absolute atomic E-state index is 12.8. The van der Waals surface area contributed by atoms with E-state index in [-0.39, 0.29) is 5.91 Å². The molecule has 5 aromatic heterocycles. The lowest BCUT2D eigenvalue weighted by atomic mass is 10.2. The Hall–Kier alpha value is -4.29. The number of nitrogens with one attached hydrogen (secondary N) is 2. The Labute approximate surface area is 219 Å². The van der Waals surface area contributed by atoms with Gasteiger partial charge in [-0.15, -0.1) is 0 Å². The minimum absolute atomic E-state index is 0.154. The van der Waals surface area contributed by atoms with Gasteiger partial charge >= 0.3 is 0 Å². The van der Waals surface area contributed by atoms with Crippen molar-refractivity contribution < 1.29 is 9.53 Å². The summed E-state index contributed by atoms with van der Waals surface area (Å²) in [7, 11) is 3.83. The first kappa shape index (κ1) is 24.1. The molecule has 1 aliphatic heterocycles. The molecule has 0 spiro atoms. The van der Waals surface area contributed by atoms with Crippen molar-refractivity contribution in [3.63, 3.8) is 0 Å². The summed E-state index contributed by atoms with van der Waals surface area (Å²) in [6.45, 7) is 6.53. The van der Waals surface area contributed by atoms with E-state index in [0.717, 1.165) is 71.9 Å². The van der Waals surface area contributed by atoms with Crippen LogP contribution < -0.4 is 10.6 Å². The molecule has 0 saturated carbocycles. The van der Waals surface area contributed by atoms with Crippen molar-refractivity contribution in [2.24, 2.45) is 14.1 Å². The molecule has 5 aromatic rings. The number of hydrogen-bond donors (Lipinski definition) is 2. The van der Waals surface area contributed by atoms with E-state index in [1.807, 2.05) is 53.2 Å².